The second-order valence-corrected chi connectivity index (χ2v) is 5.89. The van der Waals surface area contributed by atoms with E-state index in [9.17, 15) is 0 Å². The molecule has 3 aromatic carbocycles. The van der Waals surface area contributed by atoms with Gasteiger partial charge in [0, 0.05) is 11.4 Å². The summed E-state index contributed by atoms with van der Waals surface area (Å²) in [6.07, 6.45) is 7.31. The van der Waals surface area contributed by atoms with Crippen molar-refractivity contribution in [2.45, 2.75) is 12.5 Å². The molecule has 0 saturated carbocycles. The van der Waals surface area contributed by atoms with E-state index in [1.165, 1.54) is 16.9 Å². The second-order valence-electron chi connectivity index (χ2n) is 5.89. The van der Waals surface area contributed by atoms with Gasteiger partial charge >= 0.3 is 0 Å². The van der Waals surface area contributed by atoms with Gasteiger partial charge in [0.05, 0.1) is 6.04 Å². The van der Waals surface area contributed by atoms with Crippen molar-refractivity contribution in [3.05, 3.63) is 115 Å². The first kappa shape index (κ1) is 16.8. The lowest BCUT2D eigenvalue weighted by molar-refractivity contribution is 0.795. The molecule has 0 saturated heterocycles. The molecule has 124 valence electrons. The van der Waals surface area contributed by atoms with Crippen molar-refractivity contribution < 1.29 is 0 Å². The van der Waals surface area contributed by atoms with Gasteiger partial charge in [0.2, 0.25) is 0 Å². The number of hydrogen-bond donors (Lipinski definition) is 0. The van der Waals surface area contributed by atoms with Crippen LogP contribution in [0.5, 0.6) is 0 Å². The molecule has 1 atom stereocenters. The van der Waals surface area contributed by atoms with E-state index in [4.69, 9.17) is 0 Å². The summed E-state index contributed by atoms with van der Waals surface area (Å²) in [5.74, 6) is 0. The molecule has 0 N–H and O–H groups in total. The number of benzene rings is 3. The van der Waals surface area contributed by atoms with E-state index < -0.39 is 0 Å². The van der Waals surface area contributed by atoms with Crippen LogP contribution in [0.1, 0.15) is 12.0 Å². The summed E-state index contributed by atoms with van der Waals surface area (Å²) in [6, 6.07) is 31.5. The van der Waals surface area contributed by atoms with Gasteiger partial charge in [-0.3, -0.25) is 0 Å². The molecule has 1 nitrogen and oxygen atoms in total. The predicted molar refractivity (Wildman–Crippen MR) is 109 cm³/mol. The highest BCUT2D eigenvalue weighted by atomic mass is 15.2. The molecule has 1 heteroatoms. The average molecular weight is 325 g/mol. The van der Waals surface area contributed by atoms with Gasteiger partial charge in [0.25, 0.3) is 0 Å². The monoisotopic (exact) mass is 325 g/mol. The van der Waals surface area contributed by atoms with E-state index in [1.54, 1.807) is 0 Å². The summed E-state index contributed by atoms with van der Waals surface area (Å²) in [7, 11) is 0. The maximum atomic E-state index is 4.08. The molecule has 0 amide bonds. The van der Waals surface area contributed by atoms with Crippen LogP contribution < -0.4 is 4.90 Å². The van der Waals surface area contributed by atoms with Gasteiger partial charge < -0.3 is 4.90 Å². The van der Waals surface area contributed by atoms with Crippen molar-refractivity contribution in [1.82, 2.24) is 0 Å². The number of rotatable bonds is 7. The van der Waals surface area contributed by atoms with Crippen LogP contribution in [-0.2, 0) is 0 Å². The van der Waals surface area contributed by atoms with Crippen LogP contribution in [0.4, 0.5) is 11.4 Å². The molecule has 3 rings (SSSR count). The average Bonchev–Trinajstić information content (AvgIpc) is 2.69. The SMILES string of the molecule is C=CC(C/C=C/c1ccccc1)N(c1ccccc1)c1ccccc1. The molecule has 0 heterocycles. The normalized spacial score (nSPS) is 12.0. The van der Waals surface area contributed by atoms with Crippen molar-refractivity contribution in [3.63, 3.8) is 0 Å². The van der Waals surface area contributed by atoms with Gasteiger partial charge in [-0.15, -0.1) is 6.58 Å². The zero-order chi connectivity index (χ0) is 17.3. The largest absolute Gasteiger partial charge is 0.334 e. The maximum absolute atomic E-state index is 4.08. The molecular weight excluding hydrogens is 302 g/mol. The Morgan fingerprint density at radius 1 is 0.720 bits per heavy atom. The first-order valence-electron chi connectivity index (χ1n) is 8.62. The van der Waals surface area contributed by atoms with Crippen molar-refractivity contribution in [2.75, 3.05) is 4.90 Å². The van der Waals surface area contributed by atoms with Gasteiger partial charge in [0.1, 0.15) is 0 Å². The lowest BCUT2D eigenvalue weighted by atomic mass is 10.1. The molecule has 0 bridgehead atoms. The predicted octanol–water partition coefficient (Wildman–Crippen LogP) is 6.48. The molecule has 25 heavy (non-hydrogen) atoms. The molecule has 0 fully saturated rings. The molecule has 0 aromatic heterocycles. The van der Waals surface area contributed by atoms with Crippen molar-refractivity contribution >= 4 is 17.5 Å². The van der Waals surface area contributed by atoms with Gasteiger partial charge in [-0.2, -0.15) is 0 Å². The first-order chi connectivity index (χ1) is 12.4. The van der Waals surface area contributed by atoms with E-state index in [1.807, 2.05) is 24.3 Å². The first-order valence-corrected chi connectivity index (χ1v) is 8.62. The van der Waals surface area contributed by atoms with Crippen molar-refractivity contribution in [3.8, 4) is 0 Å². The van der Waals surface area contributed by atoms with Gasteiger partial charge in [-0.1, -0.05) is 85.0 Å². The lowest BCUT2D eigenvalue weighted by Crippen LogP contribution is -2.28. The minimum absolute atomic E-state index is 0.185. The zero-order valence-electron chi connectivity index (χ0n) is 14.3. The van der Waals surface area contributed by atoms with E-state index in [0.717, 1.165) is 6.42 Å². The van der Waals surface area contributed by atoms with Crippen LogP contribution in [0, 0.1) is 0 Å². The van der Waals surface area contributed by atoms with Crippen LogP contribution >= 0.6 is 0 Å². The number of hydrogen-bond acceptors (Lipinski definition) is 1. The van der Waals surface area contributed by atoms with Crippen molar-refractivity contribution in [1.29, 1.82) is 0 Å². The Morgan fingerprint density at radius 3 is 1.68 bits per heavy atom. The summed E-state index contributed by atoms with van der Waals surface area (Å²) in [5, 5.41) is 0. The molecule has 0 radical (unpaired) electrons. The van der Waals surface area contributed by atoms with Gasteiger partial charge in [0.15, 0.2) is 0 Å². The zero-order valence-corrected chi connectivity index (χ0v) is 14.3. The summed E-state index contributed by atoms with van der Waals surface area (Å²) in [4.78, 5) is 2.34. The fraction of sp³-hybridized carbons (Fsp3) is 0.0833. The van der Waals surface area contributed by atoms with E-state index >= 15 is 0 Å². The summed E-state index contributed by atoms with van der Waals surface area (Å²) >= 11 is 0. The molecule has 1 unspecified atom stereocenters. The molecule has 0 aliphatic rings. The number of anilines is 2. The highest BCUT2D eigenvalue weighted by Crippen LogP contribution is 2.29. The smallest absolute Gasteiger partial charge is 0.0554 e. The minimum Gasteiger partial charge on any atom is -0.334 e. The Kier molecular flexibility index (Phi) is 5.84. The van der Waals surface area contributed by atoms with E-state index in [-0.39, 0.29) is 6.04 Å². The van der Waals surface area contributed by atoms with E-state index in [2.05, 4.69) is 96.4 Å². The second kappa shape index (κ2) is 8.70. The quantitative estimate of drug-likeness (QED) is 0.449. The topological polar surface area (TPSA) is 3.24 Å². The van der Waals surface area contributed by atoms with E-state index in [0.29, 0.717) is 0 Å². The van der Waals surface area contributed by atoms with Crippen LogP contribution in [0.2, 0.25) is 0 Å². The third-order valence-electron chi connectivity index (χ3n) is 4.16. The Bertz CT molecular complexity index is 752. The summed E-state index contributed by atoms with van der Waals surface area (Å²) in [5.41, 5.74) is 3.56. The Balaban J connectivity index is 1.85. The summed E-state index contributed by atoms with van der Waals surface area (Å²) in [6.45, 7) is 4.08. The Morgan fingerprint density at radius 2 is 1.20 bits per heavy atom. The molecular formula is C24H23N. The molecule has 0 spiro atoms. The number of para-hydroxylation sites is 2. The lowest BCUT2D eigenvalue weighted by Gasteiger charge is -2.31. The molecule has 0 aliphatic heterocycles. The highest BCUT2D eigenvalue weighted by Gasteiger charge is 2.16. The maximum Gasteiger partial charge on any atom is 0.0554 e. The molecule has 0 aliphatic carbocycles. The van der Waals surface area contributed by atoms with Crippen molar-refractivity contribution in [2.24, 2.45) is 0 Å². The summed E-state index contributed by atoms with van der Waals surface area (Å²) < 4.78 is 0. The van der Waals surface area contributed by atoms with Crippen LogP contribution in [0.3, 0.4) is 0 Å². The van der Waals surface area contributed by atoms with Crippen LogP contribution in [-0.4, -0.2) is 6.04 Å². The van der Waals surface area contributed by atoms with Gasteiger partial charge in [-0.05, 0) is 36.2 Å². The van der Waals surface area contributed by atoms with Crippen LogP contribution in [0.25, 0.3) is 6.08 Å². The Labute approximate surface area is 150 Å². The third-order valence-corrected chi connectivity index (χ3v) is 4.16. The fourth-order valence-corrected chi connectivity index (χ4v) is 2.92. The van der Waals surface area contributed by atoms with Gasteiger partial charge in [-0.25, -0.2) is 0 Å². The third kappa shape index (κ3) is 4.48. The van der Waals surface area contributed by atoms with Crippen LogP contribution in [0.15, 0.2) is 110 Å². The minimum atomic E-state index is 0.185. The fourth-order valence-electron chi connectivity index (χ4n) is 2.92. The number of nitrogens with zero attached hydrogens (tertiary/aromatic N) is 1. The highest BCUT2D eigenvalue weighted by molar-refractivity contribution is 5.65. The Hall–Kier alpha value is -3.06. The standard InChI is InChI=1S/C24H23N/c1-2-22(20-12-15-21-13-6-3-7-14-21)25(23-16-8-4-9-17-23)24-18-10-5-11-19-24/h2-19,22H,1,20H2/b15-12+. The molecule has 3 aromatic rings.